The van der Waals surface area contributed by atoms with E-state index in [9.17, 15) is 9.59 Å². The fraction of sp³-hybridized carbons (Fsp3) is 0.321. The van der Waals surface area contributed by atoms with Crippen LogP contribution in [0, 0.1) is 19.8 Å². The van der Waals surface area contributed by atoms with Crippen LogP contribution >= 0.6 is 11.6 Å². The van der Waals surface area contributed by atoms with Crippen LogP contribution in [-0.4, -0.2) is 41.2 Å². The second-order valence-electron chi connectivity index (χ2n) is 10.1. The fourth-order valence-electron chi connectivity index (χ4n) is 5.52. The van der Waals surface area contributed by atoms with E-state index >= 15 is 0 Å². The van der Waals surface area contributed by atoms with Crippen LogP contribution in [0.1, 0.15) is 47.4 Å². The van der Waals surface area contributed by atoms with Crippen molar-refractivity contribution < 1.29 is 4.79 Å². The molecule has 0 spiro atoms. The maximum Gasteiger partial charge on any atom is 0.333 e. The molecule has 1 aromatic carbocycles. The first-order chi connectivity index (χ1) is 18.4. The van der Waals surface area contributed by atoms with Gasteiger partial charge in [-0.15, -0.1) is 0 Å². The number of carbonyl (C=O) groups excluding carboxylic acids is 1. The van der Waals surface area contributed by atoms with Gasteiger partial charge in [-0.1, -0.05) is 23.7 Å². The highest BCUT2D eigenvalue weighted by Gasteiger charge is 2.26. The molecule has 1 saturated carbocycles. The van der Waals surface area contributed by atoms with E-state index in [0.717, 1.165) is 53.5 Å². The number of imidazole rings is 1. The first-order valence-corrected chi connectivity index (χ1v) is 13.2. The standard InChI is InChI=1S/C28H28ClN7O2/c1-16-23(11-19(29)13-30-16)27(37)32-20-9-7-18(8-10-20)15-35-24-5-3-4-6-25(24)36(28(35)38)21-12-22-17(2)33-34-26(22)31-14-21/h3-6,11-14,18,20H,7-10,15H2,1-2H3,(H,32,37)(H,31,33,34). The van der Waals surface area contributed by atoms with E-state index in [4.69, 9.17) is 11.6 Å². The number of aromatic nitrogens is 6. The third-order valence-electron chi connectivity index (χ3n) is 7.61. The lowest BCUT2D eigenvalue weighted by Gasteiger charge is -2.29. The van der Waals surface area contributed by atoms with Gasteiger partial charge in [0.25, 0.3) is 5.91 Å². The number of aromatic amines is 1. The van der Waals surface area contributed by atoms with Crippen LogP contribution in [-0.2, 0) is 6.54 Å². The molecule has 1 fully saturated rings. The molecule has 0 aliphatic heterocycles. The number of rotatable bonds is 5. The molecule has 10 heteroatoms. The summed E-state index contributed by atoms with van der Waals surface area (Å²) in [6.07, 6.45) is 6.82. The number of halogens is 1. The van der Waals surface area contributed by atoms with E-state index in [0.29, 0.717) is 34.4 Å². The van der Waals surface area contributed by atoms with E-state index in [1.54, 1.807) is 30.0 Å². The predicted octanol–water partition coefficient (Wildman–Crippen LogP) is 4.72. The van der Waals surface area contributed by atoms with Gasteiger partial charge in [-0.2, -0.15) is 5.10 Å². The summed E-state index contributed by atoms with van der Waals surface area (Å²) in [5.41, 5.74) is 5.12. The summed E-state index contributed by atoms with van der Waals surface area (Å²) in [6, 6.07) is 11.6. The Labute approximate surface area is 223 Å². The van der Waals surface area contributed by atoms with Crippen molar-refractivity contribution in [2.75, 3.05) is 0 Å². The molecule has 1 aliphatic carbocycles. The number of nitrogens with one attached hydrogen (secondary N) is 2. The predicted molar refractivity (Wildman–Crippen MR) is 147 cm³/mol. The largest absolute Gasteiger partial charge is 0.349 e. The van der Waals surface area contributed by atoms with Crippen LogP contribution < -0.4 is 11.0 Å². The van der Waals surface area contributed by atoms with Gasteiger partial charge in [0, 0.05) is 24.2 Å². The van der Waals surface area contributed by atoms with Gasteiger partial charge in [0.2, 0.25) is 0 Å². The normalized spacial score (nSPS) is 17.8. The van der Waals surface area contributed by atoms with Gasteiger partial charge in [0.15, 0.2) is 5.65 Å². The lowest BCUT2D eigenvalue weighted by molar-refractivity contribution is 0.0919. The maximum absolute atomic E-state index is 13.7. The number of benzene rings is 1. The summed E-state index contributed by atoms with van der Waals surface area (Å²) in [4.78, 5) is 35.2. The topological polar surface area (TPSA) is 110 Å². The van der Waals surface area contributed by atoms with Gasteiger partial charge in [-0.3, -0.25) is 24.0 Å². The van der Waals surface area contributed by atoms with Crippen molar-refractivity contribution >= 4 is 39.6 Å². The van der Waals surface area contributed by atoms with E-state index in [-0.39, 0.29) is 17.6 Å². The first kappa shape index (κ1) is 24.4. The zero-order valence-electron chi connectivity index (χ0n) is 21.2. The Morgan fingerprint density at radius 3 is 2.61 bits per heavy atom. The zero-order chi connectivity index (χ0) is 26.4. The number of fused-ring (bicyclic) bond motifs is 2. The lowest BCUT2D eigenvalue weighted by atomic mass is 9.85. The van der Waals surface area contributed by atoms with Crippen LogP contribution in [0.2, 0.25) is 5.02 Å². The summed E-state index contributed by atoms with van der Waals surface area (Å²) in [5.74, 6) is 0.199. The summed E-state index contributed by atoms with van der Waals surface area (Å²) in [6.45, 7) is 4.35. The smallest absolute Gasteiger partial charge is 0.333 e. The Morgan fingerprint density at radius 1 is 1.05 bits per heavy atom. The highest BCUT2D eigenvalue weighted by atomic mass is 35.5. The third kappa shape index (κ3) is 4.36. The van der Waals surface area contributed by atoms with Gasteiger partial charge in [-0.25, -0.2) is 9.78 Å². The molecular weight excluding hydrogens is 502 g/mol. The number of pyridine rings is 2. The molecule has 4 heterocycles. The number of aryl methyl sites for hydroxylation is 2. The molecule has 1 aliphatic rings. The summed E-state index contributed by atoms with van der Waals surface area (Å²) in [7, 11) is 0. The Morgan fingerprint density at radius 2 is 1.82 bits per heavy atom. The minimum Gasteiger partial charge on any atom is -0.349 e. The van der Waals surface area contributed by atoms with Crippen molar-refractivity contribution in [3.05, 3.63) is 81.3 Å². The maximum atomic E-state index is 13.7. The third-order valence-corrected chi connectivity index (χ3v) is 7.81. The minimum atomic E-state index is -0.140. The summed E-state index contributed by atoms with van der Waals surface area (Å²) < 4.78 is 3.62. The van der Waals surface area contributed by atoms with Gasteiger partial charge in [-0.05, 0) is 69.7 Å². The van der Waals surface area contributed by atoms with Crippen molar-refractivity contribution in [2.45, 2.75) is 52.1 Å². The Balaban J connectivity index is 1.21. The number of H-pyrrole nitrogens is 1. The van der Waals surface area contributed by atoms with Crippen molar-refractivity contribution in [2.24, 2.45) is 5.92 Å². The molecule has 0 atom stereocenters. The molecular formula is C28H28ClN7O2. The number of amides is 1. The average Bonchev–Trinajstić information content (AvgIpc) is 3.43. The number of hydrogen-bond donors (Lipinski definition) is 2. The summed E-state index contributed by atoms with van der Waals surface area (Å²) in [5, 5.41) is 11.6. The van der Waals surface area contributed by atoms with E-state index < -0.39 is 0 Å². The van der Waals surface area contributed by atoms with Gasteiger partial charge in [0.05, 0.1) is 44.9 Å². The number of para-hydroxylation sites is 2. The monoisotopic (exact) mass is 529 g/mol. The minimum absolute atomic E-state index is 0.0761. The molecule has 194 valence electrons. The molecule has 1 amide bonds. The highest BCUT2D eigenvalue weighted by molar-refractivity contribution is 6.30. The molecule has 6 rings (SSSR count). The molecule has 0 unspecified atom stereocenters. The lowest BCUT2D eigenvalue weighted by Crippen LogP contribution is -2.39. The van der Waals surface area contributed by atoms with E-state index in [1.807, 2.05) is 41.8 Å². The number of carbonyl (C=O) groups is 1. The van der Waals surface area contributed by atoms with E-state index in [1.165, 1.54) is 0 Å². The van der Waals surface area contributed by atoms with Crippen LogP contribution in [0.15, 0.2) is 53.6 Å². The SMILES string of the molecule is Cc1ncc(Cl)cc1C(=O)NC1CCC(Cn2c(=O)n(-c3cnc4[nH]nc(C)c4c3)c3ccccc32)CC1. The van der Waals surface area contributed by atoms with Crippen LogP contribution in [0.5, 0.6) is 0 Å². The second kappa shape index (κ2) is 9.72. The van der Waals surface area contributed by atoms with Crippen molar-refractivity contribution in [1.82, 2.24) is 34.6 Å². The zero-order valence-corrected chi connectivity index (χ0v) is 22.0. The van der Waals surface area contributed by atoms with Crippen LogP contribution in [0.3, 0.4) is 0 Å². The molecule has 5 aromatic rings. The highest BCUT2D eigenvalue weighted by Crippen LogP contribution is 2.28. The van der Waals surface area contributed by atoms with Gasteiger partial charge >= 0.3 is 5.69 Å². The number of hydrogen-bond acceptors (Lipinski definition) is 5. The first-order valence-electron chi connectivity index (χ1n) is 12.8. The Kier molecular flexibility index (Phi) is 6.23. The molecule has 9 nitrogen and oxygen atoms in total. The van der Waals surface area contributed by atoms with Crippen molar-refractivity contribution in [3.8, 4) is 5.69 Å². The molecule has 0 saturated heterocycles. The quantitative estimate of drug-likeness (QED) is 0.342. The van der Waals surface area contributed by atoms with Crippen LogP contribution in [0.4, 0.5) is 0 Å². The molecule has 0 bridgehead atoms. The number of nitrogens with zero attached hydrogens (tertiary/aromatic N) is 5. The second-order valence-corrected chi connectivity index (χ2v) is 10.5. The average molecular weight is 530 g/mol. The molecule has 0 radical (unpaired) electrons. The molecule has 2 N–H and O–H groups in total. The fourth-order valence-corrected chi connectivity index (χ4v) is 5.68. The van der Waals surface area contributed by atoms with Gasteiger partial charge in [0.1, 0.15) is 0 Å². The van der Waals surface area contributed by atoms with Crippen molar-refractivity contribution in [3.63, 3.8) is 0 Å². The summed E-state index contributed by atoms with van der Waals surface area (Å²) >= 11 is 6.04. The van der Waals surface area contributed by atoms with Gasteiger partial charge < -0.3 is 5.32 Å². The Hall–Kier alpha value is -3.98. The molecule has 4 aromatic heterocycles. The molecule has 38 heavy (non-hydrogen) atoms. The van der Waals surface area contributed by atoms with Crippen molar-refractivity contribution in [1.29, 1.82) is 0 Å². The Bertz CT molecular complexity index is 1730. The van der Waals surface area contributed by atoms with Crippen LogP contribution in [0.25, 0.3) is 27.8 Å². The van der Waals surface area contributed by atoms with E-state index in [2.05, 4.69) is 25.5 Å².